The van der Waals surface area contributed by atoms with Gasteiger partial charge >= 0.3 is 0 Å². The molecule has 0 bridgehead atoms. The smallest absolute Gasteiger partial charge is 0.234 e. The van der Waals surface area contributed by atoms with Crippen molar-refractivity contribution < 1.29 is 9.59 Å². The van der Waals surface area contributed by atoms with E-state index in [2.05, 4.69) is 25.8 Å². The SMILES string of the molecule is Cc1cccc(C)c1NC(=O)CSc1nc2ccc(NC(=O)CSc3nnc(-c4ccccc4)n3-c3ccccc3)cc2s1. The first-order chi connectivity index (χ1) is 21.4. The van der Waals surface area contributed by atoms with Gasteiger partial charge in [-0.3, -0.25) is 14.2 Å². The van der Waals surface area contributed by atoms with Gasteiger partial charge in [0.1, 0.15) is 0 Å². The van der Waals surface area contributed by atoms with E-state index < -0.39 is 0 Å². The second-order valence-corrected chi connectivity index (χ2v) is 13.1. The Hall–Kier alpha value is -4.45. The standard InChI is InChI=1S/C33H28N6O2S3/c1-21-10-9-11-22(2)30(21)36-29(41)20-43-33-35-26-17-16-24(18-27(26)44-33)34-28(40)19-42-32-38-37-31(23-12-5-3-6-13-23)39(32)25-14-7-4-8-15-25/h3-18H,19-20H2,1-2H3,(H,34,40)(H,36,41). The highest BCUT2D eigenvalue weighted by atomic mass is 32.2. The predicted octanol–water partition coefficient (Wildman–Crippen LogP) is 7.62. The lowest BCUT2D eigenvalue weighted by atomic mass is 10.1. The number of fused-ring (bicyclic) bond motifs is 1. The number of carbonyl (C=O) groups is 2. The first kappa shape index (κ1) is 29.6. The molecule has 0 fully saturated rings. The number of rotatable bonds is 10. The molecule has 6 aromatic rings. The summed E-state index contributed by atoms with van der Waals surface area (Å²) in [5.74, 6) is 0.911. The van der Waals surface area contributed by atoms with Gasteiger partial charge in [0, 0.05) is 22.6 Å². The lowest BCUT2D eigenvalue weighted by molar-refractivity contribution is -0.114. The van der Waals surface area contributed by atoms with Crippen molar-refractivity contribution >= 4 is 68.3 Å². The predicted molar refractivity (Wildman–Crippen MR) is 181 cm³/mol. The van der Waals surface area contributed by atoms with Crippen molar-refractivity contribution in [1.29, 1.82) is 0 Å². The summed E-state index contributed by atoms with van der Waals surface area (Å²) in [5.41, 5.74) is 6.30. The van der Waals surface area contributed by atoms with Crippen LogP contribution in [-0.4, -0.2) is 43.1 Å². The fourth-order valence-corrected chi connectivity index (χ4v) is 7.29. The summed E-state index contributed by atoms with van der Waals surface area (Å²) < 4.78 is 3.70. The molecule has 2 heterocycles. The van der Waals surface area contributed by atoms with E-state index in [4.69, 9.17) is 0 Å². The van der Waals surface area contributed by atoms with Crippen LogP contribution < -0.4 is 10.6 Å². The molecule has 11 heteroatoms. The first-order valence-corrected chi connectivity index (χ1v) is 16.6. The van der Waals surface area contributed by atoms with E-state index in [9.17, 15) is 9.59 Å². The topological polar surface area (TPSA) is 102 Å². The quantitative estimate of drug-likeness (QED) is 0.149. The average Bonchev–Trinajstić information content (AvgIpc) is 3.65. The maximum absolute atomic E-state index is 13.0. The van der Waals surface area contributed by atoms with Crippen molar-refractivity contribution in [2.75, 3.05) is 22.1 Å². The number of nitrogens with one attached hydrogen (secondary N) is 2. The summed E-state index contributed by atoms with van der Waals surface area (Å²) in [6, 6.07) is 31.3. The van der Waals surface area contributed by atoms with Crippen LogP contribution in [0.2, 0.25) is 0 Å². The molecule has 0 aliphatic heterocycles. The van der Waals surface area contributed by atoms with Crippen molar-refractivity contribution in [3.8, 4) is 17.1 Å². The number of thioether (sulfide) groups is 2. The maximum Gasteiger partial charge on any atom is 0.234 e. The summed E-state index contributed by atoms with van der Waals surface area (Å²) in [6.45, 7) is 3.97. The zero-order valence-electron chi connectivity index (χ0n) is 24.0. The molecule has 0 aliphatic rings. The van der Waals surface area contributed by atoms with Crippen LogP contribution in [0.25, 0.3) is 27.3 Å². The van der Waals surface area contributed by atoms with E-state index in [1.54, 1.807) is 0 Å². The van der Waals surface area contributed by atoms with E-state index in [-0.39, 0.29) is 23.3 Å². The van der Waals surface area contributed by atoms with E-state index in [1.807, 2.05) is 115 Å². The van der Waals surface area contributed by atoms with Gasteiger partial charge in [0.15, 0.2) is 15.3 Å². The molecule has 4 aromatic carbocycles. The largest absolute Gasteiger partial charge is 0.325 e. The lowest BCUT2D eigenvalue weighted by Crippen LogP contribution is -2.15. The lowest BCUT2D eigenvalue weighted by Gasteiger charge is -2.10. The Morgan fingerprint density at radius 2 is 1.45 bits per heavy atom. The number of aryl methyl sites for hydroxylation is 2. The van der Waals surface area contributed by atoms with Crippen molar-refractivity contribution in [1.82, 2.24) is 19.7 Å². The first-order valence-electron chi connectivity index (χ1n) is 13.8. The van der Waals surface area contributed by atoms with Crippen LogP contribution in [0.5, 0.6) is 0 Å². The molecule has 2 N–H and O–H groups in total. The average molecular weight is 637 g/mol. The molecule has 0 aliphatic carbocycles. The minimum absolute atomic E-state index is 0.0731. The second-order valence-electron chi connectivity index (χ2n) is 9.95. The number of hydrogen-bond acceptors (Lipinski definition) is 8. The molecule has 8 nitrogen and oxygen atoms in total. The zero-order chi connectivity index (χ0) is 30.5. The molecule has 0 radical (unpaired) electrons. The van der Waals surface area contributed by atoms with Crippen molar-refractivity contribution in [3.63, 3.8) is 0 Å². The zero-order valence-corrected chi connectivity index (χ0v) is 26.4. The van der Waals surface area contributed by atoms with Gasteiger partial charge < -0.3 is 10.6 Å². The third kappa shape index (κ3) is 6.85. The monoisotopic (exact) mass is 636 g/mol. The Balaban J connectivity index is 1.09. The Bertz CT molecular complexity index is 1920. The second kappa shape index (κ2) is 13.5. The van der Waals surface area contributed by atoms with E-state index in [1.165, 1.54) is 34.9 Å². The molecule has 0 atom stereocenters. The molecule has 0 saturated carbocycles. The van der Waals surface area contributed by atoms with Crippen LogP contribution in [0.3, 0.4) is 0 Å². The van der Waals surface area contributed by atoms with Crippen LogP contribution in [-0.2, 0) is 9.59 Å². The van der Waals surface area contributed by atoms with E-state index in [0.717, 1.165) is 42.6 Å². The Labute approximate surface area is 267 Å². The Morgan fingerprint density at radius 3 is 2.20 bits per heavy atom. The molecule has 0 saturated heterocycles. The van der Waals surface area contributed by atoms with Gasteiger partial charge in [0.05, 0.1) is 21.7 Å². The summed E-state index contributed by atoms with van der Waals surface area (Å²) in [5, 5.41) is 15.5. The summed E-state index contributed by atoms with van der Waals surface area (Å²) in [7, 11) is 0. The Morgan fingerprint density at radius 1 is 0.773 bits per heavy atom. The molecular formula is C33H28N6O2S3. The number of benzene rings is 4. The van der Waals surface area contributed by atoms with Crippen LogP contribution in [0.1, 0.15) is 11.1 Å². The van der Waals surface area contributed by atoms with Crippen molar-refractivity contribution in [3.05, 3.63) is 108 Å². The summed E-state index contributed by atoms with van der Waals surface area (Å²) in [4.78, 5) is 30.2. The number of anilines is 2. The number of amides is 2. The van der Waals surface area contributed by atoms with Gasteiger partial charge in [-0.1, -0.05) is 90.3 Å². The van der Waals surface area contributed by atoms with Gasteiger partial charge in [0.2, 0.25) is 11.8 Å². The number of para-hydroxylation sites is 2. The van der Waals surface area contributed by atoms with Crippen LogP contribution in [0, 0.1) is 13.8 Å². The van der Waals surface area contributed by atoms with Crippen molar-refractivity contribution in [2.24, 2.45) is 0 Å². The molecule has 2 aromatic heterocycles. The number of carbonyl (C=O) groups excluding carboxylic acids is 2. The maximum atomic E-state index is 13.0. The van der Waals surface area contributed by atoms with Gasteiger partial charge in [-0.05, 0) is 55.3 Å². The van der Waals surface area contributed by atoms with Gasteiger partial charge in [0.25, 0.3) is 0 Å². The van der Waals surface area contributed by atoms with Gasteiger partial charge in [-0.25, -0.2) is 4.98 Å². The van der Waals surface area contributed by atoms with Gasteiger partial charge in [-0.2, -0.15) is 0 Å². The van der Waals surface area contributed by atoms with Crippen LogP contribution in [0.15, 0.2) is 107 Å². The Kier molecular flexibility index (Phi) is 9.06. The highest BCUT2D eigenvalue weighted by Crippen LogP contribution is 2.32. The fourth-order valence-electron chi connectivity index (χ4n) is 4.63. The molecule has 6 rings (SSSR count). The molecule has 0 unspecified atom stereocenters. The van der Waals surface area contributed by atoms with E-state index in [0.29, 0.717) is 16.7 Å². The third-order valence-corrected chi connectivity index (χ3v) is 9.83. The number of aromatic nitrogens is 4. The third-order valence-electron chi connectivity index (χ3n) is 6.74. The molecular weight excluding hydrogens is 609 g/mol. The number of hydrogen-bond donors (Lipinski definition) is 2. The minimum atomic E-state index is -0.152. The van der Waals surface area contributed by atoms with Crippen LogP contribution in [0.4, 0.5) is 11.4 Å². The van der Waals surface area contributed by atoms with Gasteiger partial charge in [-0.15, -0.1) is 21.5 Å². The molecule has 44 heavy (non-hydrogen) atoms. The summed E-state index contributed by atoms with van der Waals surface area (Å²) in [6.07, 6.45) is 0. The molecule has 0 spiro atoms. The highest BCUT2D eigenvalue weighted by molar-refractivity contribution is 8.01. The van der Waals surface area contributed by atoms with E-state index >= 15 is 0 Å². The molecule has 2 amide bonds. The van der Waals surface area contributed by atoms with Crippen LogP contribution >= 0.6 is 34.9 Å². The number of nitrogens with zero attached hydrogens (tertiary/aromatic N) is 4. The normalized spacial score (nSPS) is 11.0. The minimum Gasteiger partial charge on any atom is -0.325 e. The summed E-state index contributed by atoms with van der Waals surface area (Å²) >= 11 is 4.23. The number of thiazole rings is 1. The fraction of sp³-hybridized carbons (Fsp3) is 0.121. The highest BCUT2D eigenvalue weighted by Gasteiger charge is 2.18. The van der Waals surface area contributed by atoms with Crippen molar-refractivity contribution in [2.45, 2.75) is 23.3 Å². The molecule has 220 valence electrons.